The quantitative estimate of drug-likeness (QED) is 0.692. The number of halogens is 1. The standard InChI is InChI=1S/C12H11ClN4O3/c1-8-2-3-9(4-10(8)13)15-12(18)6-16-5-11(14-7-16)17(19)20/h2-5,7H,6H2,1H3,(H,15,18). The van der Waals surface area contributed by atoms with Crippen molar-refractivity contribution >= 4 is 29.0 Å². The van der Waals surface area contributed by atoms with Gasteiger partial charge in [0.15, 0.2) is 0 Å². The third-order valence-electron chi connectivity index (χ3n) is 2.59. The van der Waals surface area contributed by atoms with E-state index in [0.29, 0.717) is 10.7 Å². The maximum Gasteiger partial charge on any atom is 0.381 e. The Morgan fingerprint density at radius 3 is 2.90 bits per heavy atom. The maximum absolute atomic E-state index is 11.8. The van der Waals surface area contributed by atoms with Gasteiger partial charge in [0.1, 0.15) is 12.7 Å². The maximum atomic E-state index is 11.8. The van der Waals surface area contributed by atoms with Gasteiger partial charge in [-0.1, -0.05) is 17.7 Å². The van der Waals surface area contributed by atoms with E-state index >= 15 is 0 Å². The largest absolute Gasteiger partial charge is 0.381 e. The van der Waals surface area contributed by atoms with Crippen LogP contribution >= 0.6 is 11.6 Å². The van der Waals surface area contributed by atoms with Crippen molar-refractivity contribution in [2.24, 2.45) is 0 Å². The van der Waals surface area contributed by atoms with Crippen LogP contribution in [-0.4, -0.2) is 20.4 Å². The van der Waals surface area contributed by atoms with E-state index in [0.717, 1.165) is 5.56 Å². The predicted octanol–water partition coefficient (Wildman–Crippen LogP) is 2.39. The van der Waals surface area contributed by atoms with Crippen LogP contribution in [0, 0.1) is 17.0 Å². The van der Waals surface area contributed by atoms with E-state index in [4.69, 9.17) is 11.6 Å². The summed E-state index contributed by atoms with van der Waals surface area (Å²) in [7, 11) is 0. The van der Waals surface area contributed by atoms with Crippen LogP contribution in [0.2, 0.25) is 5.02 Å². The molecule has 0 aliphatic carbocycles. The third-order valence-corrected chi connectivity index (χ3v) is 3.00. The van der Waals surface area contributed by atoms with Gasteiger partial charge in [-0.2, -0.15) is 0 Å². The Morgan fingerprint density at radius 2 is 2.30 bits per heavy atom. The SMILES string of the molecule is Cc1ccc(NC(=O)Cn2cnc([N+](=O)[O-])c2)cc1Cl. The average molecular weight is 295 g/mol. The van der Waals surface area contributed by atoms with Crippen LogP contribution in [0.25, 0.3) is 0 Å². The number of hydrogen-bond acceptors (Lipinski definition) is 4. The molecule has 7 nitrogen and oxygen atoms in total. The molecule has 0 aliphatic rings. The van der Waals surface area contributed by atoms with Crippen molar-refractivity contribution < 1.29 is 9.72 Å². The van der Waals surface area contributed by atoms with E-state index in [2.05, 4.69) is 10.3 Å². The van der Waals surface area contributed by atoms with Crippen LogP contribution in [0.5, 0.6) is 0 Å². The number of aryl methyl sites for hydroxylation is 1. The Balaban J connectivity index is 2.01. The van der Waals surface area contributed by atoms with E-state index < -0.39 is 4.92 Å². The molecule has 2 aromatic rings. The lowest BCUT2D eigenvalue weighted by atomic mass is 10.2. The number of carbonyl (C=O) groups excluding carboxylic acids is 1. The van der Waals surface area contributed by atoms with Crippen LogP contribution in [0.15, 0.2) is 30.7 Å². The average Bonchev–Trinajstić information content (AvgIpc) is 2.82. The summed E-state index contributed by atoms with van der Waals surface area (Å²) in [5.74, 6) is -0.617. The van der Waals surface area contributed by atoms with Crippen molar-refractivity contribution in [2.45, 2.75) is 13.5 Å². The molecule has 0 spiro atoms. The first kappa shape index (κ1) is 14.0. The highest BCUT2D eigenvalue weighted by Crippen LogP contribution is 2.19. The van der Waals surface area contributed by atoms with Gasteiger partial charge < -0.3 is 20.0 Å². The zero-order valence-electron chi connectivity index (χ0n) is 10.5. The number of nitro groups is 1. The van der Waals surface area contributed by atoms with Gasteiger partial charge >= 0.3 is 5.82 Å². The molecular formula is C12H11ClN4O3. The van der Waals surface area contributed by atoms with E-state index in [-0.39, 0.29) is 18.3 Å². The predicted molar refractivity (Wildman–Crippen MR) is 73.7 cm³/mol. The first-order valence-corrected chi connectivity index (χ1v) is 6.05. The summed E-state index contributed by atoms with van der Waals surface area (Å²) >= 11 is 5.95. The van der Waals surface area contributed by atoms with E-state index in [9.17, 15) is 14.9 Å². The summed E-state index contributed by atoms with van der Waals surface area (Å²) in [5, 5.41) is 13.7. The van der Waals surface area contributed by atoms with Crippen molar-refractivity contribution in [3.05, 3.63) is 51.4 Å². The van der Waals surface area contributed by atoms with Crippen molar-refractivity contribution in [2.75, 3.05) is 5.32 Å². The zero-order valence-corrected chi connectivity index (χ0v) is 11.3. The number of hydrogen-bond donors (Lipinski definition) is 1. The monoisotopic (exact) mass is 294 g/mol. The minimum atomic E-state index is -0.617. The van der Waals surface area contributed by atoms with Gasteiger partial charge in [-0.25, -0.2) is 0 Å². The molecule has 0 fully saturated rings. The topological polar surface area (TPSA) is 90.1 Å². The summed E-state index contributed by atoms with van der Waals surface area (Å²) in [6, 6.07) is 5.17. The summed E-state index contributed by atoms with van der Waals surface area (Å²) in [4.78, 5) is 25.2. The van der Waals surface area contributed by atoms with Crippen molar-refractivity contribution in [3.63, 3.8) is 0 Å². The zero-order chi connectivity index (χ0) is 14.7. The minimum absolute atomic E-state index is 0.0632. The lowest BCUT2D eigenvalue weighted by Crippen LogP contribution is -2.17. The third kappa shape index (κ3) is 3.33. The highest BCUT2D eigenvalue weighted by Gasteiger charge is 2.12. The van der Waals surface area contributed by atoms with Crippen LogP contribution in [0.1, 0.15) is 5.56 Å². The highest BCUT2D eigenvalue weighted by atomic mass is 35.5. The summed E-state index contributed by atoms with van der Waals surface area (Å²) < 4.78 is 1.34. The van der Waals surface area contributed by atoms with Gasteiger partial charge in [0, 0.05) is 10.7 Å². The van der Waals surface area contributed by atoms with Gasteiger partial charge in [-0.05, 0) is 34.5 Å². The number of anilines is 1. The first-order valence-electron chi connectivity index (χ1n) is 5.68. The normalized spacial score (nSPS) is 10.3. The fraction of sp³-hybridized carbons (Fsp3) is 0.167. The number of imidazole rings is 1. The van der Waals surface area contributed by atoms with Crippen LogP contribution in [0.3, 0.4) is 0 Å². The Hall–Kier alpha value is -2.41. The fourth-order valence-corrected chi connectivity index (χ4v) is 1.75. The number of nitrogens with zero attached hydrogens (tertiary/aromatic N) is 3. The van der Waals surface area contributed by atoms with Gasteiger partial charge in [-0.3, -0.25) is 4.79 Å². The molecule has 1 aromatic heterocycles. The molecule has 0 saturated heterocycles. The number of amides is 1. The molecule has 0 radical (unpaired) electrons. The summed E-state index contributed by atoms with van der Waals surface area (Å²) in [6.07, 6.45) is 2.43. The molecule has 0 unspecified atom stereocenters. The molecule has 8 heteroatoms. The summed E-state index contributed by atoms with van der Waals surface area (Å²) in [5.41, 5.74) is 1.48. The number of carbonyl (C=O) groups is 1. The van der Waals surface area contributed by atoms with E-state index in [1.807, 2.05) is 6.92 Å². The fourth-order valence-electron chi connectivity index (χ4n) is 1.57. The first-order chi connectivity index (χ1) is 9.45. The molecular weight excluding hydrogens is 284 g/mol. The Labute approximate surface area is 119 Å². The number of aromatic nitrogens is 2. The smallest absolute Gasteiger partial charge is 0.358 e. The molecule has 1 aromatic carbocycles. The molecule has 0 saturated carbocycles. The van der Waals surface area contributed by atoms with Crippen LogP contribution < -0.4 is 5.32 Å². The molecule has 0 bridgehead atoms. The number of benzene rings is 1. The lowest BCUT2D eigenvalue weighted by Gasteiger charge is -2.06. The number of rotatable bonds is 4. The molecule has 0 atom stereocenters. The Bertz CT molecular complexity index is 668. The minimum Gasteiger partial charge on any atom is -0.358 e. The highest BCUT2D eigenvalue weighted by molar-refractivity contribution is 6.31. The van der Waals surface area contributed by atoms with Gasteiger partial charge in [0.2, 0.25) is 12.2 Å². The summed E-state index contributed by atoms with van der Waals surface area (Å²) in [6.45, 7) is 1.80. The van der Waals surface area contributed by atoms with Crippen molar-refractivity contribution in [1.82, 2.24) is 9.55 Å². The molecule has 0 aliphatic heterocycles. The van der Waals surface area contributed by atoms with Gasteiger partial charge in [-0.15, -0.1) is 0 Å². The molecule has 20 heavy (non-hydrogen) atoms. The van der Waals surface area contributed by atoms with Crippen LogP contribution in [0.4, 0.5) is 11.5 Å². The molecule has 104 valence electrons. The van der Waals surface area contributed by atoms with E-state index in [1.54, 1.807) is 18.2 Å². The van der Waals surface area contributed by atoms with Crippen LogP contribution in [-0.2, 0) is 11.3 Å². The molecule has 1 heterocycles. The van der Waals surface area contributed by atoms with E-state index in [1.165, 1.54) is 17.1 Å². The Kier molecular flexibility index (Phi) is 3.99. The molecule has 2 rings (SSSR count). The van der Waals surface area contributed by atoms with Crippen molar-refractivity contribution in [1.29, 1.82) is 0 Å². The second-order valence-electron chi connectivity index (χ2n) is 4.17. The second kappa shape index (κ2) is 5.70. The van der Waals surface area contributed by atoms with Gasteiger partial charge in [0.05, 0.1) is 0 Å². The molecule has 1 N–H and O–H groups in total. The van der Waals surface area contributed by atoms with Gasteiger partial charge in [0.25, 0.3) is 0 Å². The lowest BCUT2D eigenvalue weighted by molar-refractivity contribution is -0.389. The Morgan fingerprint density at radius 1 is 1.55 bits per heavy atom. The molecule has 1 amide bonds. The van der Waals surface area contributed by atoms with Crippen molar-refractivity contribution in [3.8, 4) is 0 Å². The second-order valence-corrected chi connectivity index (χ2v) is 4.58. The number of nitrogens with one attached hydrogen (secondary N) is 1.